The zero-order valence-electron chi connectivity index (χ0n) is 10.9. The Morgan fingerprint density at radius 2 is 1.88 bits per heavy atom. The molecule has 1 saturated heterocycles. The molecule has 1 aliphatic rings. The Bertz CT molecular complexity index is 272. The molecule has 0 spiro atoms. The summed E-state index contributed by atoms with van der Waals surface area (Å²) in [5.74, 6) is -0.253. The largest absolute Gasteiger partial charge is 0.466 e. The summed E-state index contributed by atoms with van der Waals surface area (Å²) in [4.78, 5) is 14.1. The van der Waals surface area contributed by atoms with Crippen molar-refractivity contribution < 1.29 is 9.53 Å². The standard InChI is InChI=1S/C14H23NO2/c1-5-9-10-15-11(6-2)13(12(15)7-3)14(16)17-8-4/h6-7,11-13H,2-3,5,8-10H2,1,4H3. The normalized spacial score (nSPS) is 28.2. The van der Waals surface area contributed by atoms with Crippen LogP contribution in [0.2, 0.25) is 0 Å². The van der Waals surface area contributed by atoms with Gasteiger partial charge in [0, 0.05) is 12.1 Å². The van der Waals surface area contributed by atoms with E-state index in [2.05, 4.69) is 25.0 Å². The predicted octanol–water partition coefficient (Wildman–Crippen LogP) is 2.39. The lowest BCUT2D eigenvalue weighted by Crippen LogP contribution is -2.65. The van der Waals surface area contributed by atoms with E-state index in [4.69, 9.17) is 4.74 Å². The van der Waals surface area contributed by atoms with Crippen LogP contribution in [0.5, 0.6) is 0 Å². The molecule has 0 radical (unpaired) electrons. The Hall–Kier alpha value is -1.09. The van der Waals surface area contributed by atoms with Crippen LogP contribution in [0.3, 0.4) is 0 Å². The highest BCUT2D eigenvalue weighted by Gasteiger charge is 2.49. The monoisotopic (exact) mass is 237 g/mol. The quantitative estimate of drug-likeness (QED) is 0.503. The molecule has 0 N–H and O–H groups in total. The lowest BCUT2D eigenvalue weighted by Gasteiger charge is -2.51. The SMILES string of the molecule is C=CC1C(C(=O)OCC)C(C=C)N1CCCC. The van der Waals surface area contributed by atoms with Gasteiger partial charge in [-0.1, -0.05) is 25.5 Å². The van der Waals surface area contributed by atoms with Crippen molar-refractivity contribution in [2.75, 3.05) is 13.2 Å². The van der Waals surface area contributed by atoms with Gasteiger partial charge in [0.15, 0.2) is 0 Å². The van der Waals surface area contributed by atoms with Crippen molar-refractivity contribution in [3.63, 3.8) is 0 Å². The Kier molecular flexibility index (Phi) is 5.42. The number of unbranched alkanes of at least 4 members (excludes halogenated alkanes) is 1. The smallest absolute Gasteiger partial charge is 0.312 e. The number of carbonyl (C=O) groups is 1. The average Bonchev–Trinajstić information content (AvgIpc) is 2.29. The summed E-state index contributed by atoms with van der Waals surface area (Å²) in [5.41, 5.74) is 0. The maximum atomic E-state index is 11.8. The molecule has 0 bridgehead atoms. The number of rotatable bonds is 7. The molecular weight excluding hydrogens is 214 g/mol. The Balaban J connectivity index is 2.68. The van der Waals surface area contributed by atoms with E-state index in [9.17, 15) is 4.79 Å². The molecule has 1 rings (SSSR count). The first-order valence-electron chi connectivity index (χ1n) is 6.38. The zero-order chi connectivity index (χ0) is 12.8. The molecule has 17 heavy (non-hydrogen) atoms. The fraction of sp³-hybridized carbons (Fsp3) is 0.643. The molecule has 1 fully saturated rings. The van der Waals surface area contributed by atoms with Crippen LogP contribution in [0.15, 0.2) is 25.3 Å². The van der Waals surface area contributed by atoms with Gasteiger partial charge in [0.1, 0.15) is 0 Å². The number of ether oxygens (including phenoxy) is 1. The molecule has 3 heteroatoms. The number of nitrogens with zero attached hydrogens (tertiary/aromatic N) is 1. The molecule has 0 saturated carbocycles. The fourth-order valence-corrected chi connectivity index (χ4v) is 2.43. The van der Waals surface area contributed by atoms with Crippen molar-refractivity contribution in [1.82, 2.24) is 4.90 Å². The van der Waals surface area contributed by atoms with E-state index < -0.39 is 0 Å². The highest BCUT2D eigenvalue weighted by Crippen LogP contribution is 2.35. The molecule has 0 aliphatic carbocycles. The van der Waals surface area contributed by atoms with Crippen molar-refractivity contribution in [2.24, 2.45) is 5.92 Å². The second-order valence-electron chi connectivity index (χ2n) is 4.32. The van der Waals surface area contributed by atoms with Crippen molar-refractivity contribution in [3.05, 3.63) is 25.3 Å². The number of likely N-dealkylation sites (tertiary alicyclic amines) is 1. The van der Waals surface area contributed by atoms with Gasteiger partial charge < -0.3 is 4.74 Å². The second kappa shape index (κ2) is 6.60. The third kappa shape index (κ3) is 2.78. The minimum Gasteiger partial charge on any atom is -0.466 e. The number of esters is 1. The zero-order valence-corrected chi connectivity index (χ0v) is 10.9. The maximum Gasteiger partial charge on any atom is 0.312 e. The molecular formula is C14H23NO2. The van der Waals surface area contributed by atoms with Crippen LogP contribution in [-0.4, -0.2) is 36.1 Å². The van der Waals surface area contributed by atoms with Gasteiger partial charge in [-0.3, -0.25) is 9.69 Å². The van der Waals surface area contributed by atoms with Gasteiger partial charge in [0.25, 0.3) is 0 Å². The summed E-state index contributed by atoms with van der Waals surface area (Å²) in [6.07, 6.45) is 5.97. The summed E-state index contributed by atoms with van der Waals surface area (Å²) in [6, 6.07) is 0.201. The van der Waals surface area contributed by atoms with E-state index in [1.54, 1.807) is 0 Å². The van der Waals surface area contributed by atoms with Crippen LogP contribution < -0.4 is 0 Å². The van der Waals surface area contributed by atoms with Crippen LogP contribution in [0, 0.1) is 5.92 Å². The van der Waals surface area contributed by atoms with Crippen molar-refractivity contribution in [2.45, 2.75) is 38.8 Å². The van der Waals surface area contributed by atoms with Gasteiger partial charge in [-0.25, -0.2) is 0 Å². The van der Waals surface area contributed by atoms with Gasteiger partial charge in [-0.15, -0.1) is 13.2 Å². The van der Waals surface area contributed by atoms with Gasteiger partial charge in [0.05, 0.1) is 12.5 Å². The third-order valence-corrected chi connectivity index (χ3v) is 3.31. The predicted molar refractivity (Wildman–Crippen MR) is 69.7 cm³/mol. The van der Waals surface area contributed by atoms with E-state index in [0.29, 0.717) is 6.61 Å². The van der Waals surface area contributed by atoms with Crippen LogP contribution in [0.25, 0.3) is 0 Å². The molecule has 3 nitrogen and oxygen atoms in total. The van der Waals surface area contributed by atoms with Crippen LogP contribution >= 0.6 is 0 Å². The summed E-state index contributed by atoms with van der Waals surface area (Å²) in [7, 11) is 0. The maximum absolute atomic E-state index is 11.8. The first-order valence-corrected chi connectivity index (χ1v) is 6.38. The summed E-state index contributed by atoms with van der Waals surface area (Å²) >= 11 is 0. The summed E-state index contributed by atoms with van der Waals surface area (Å²) in [6.45, 7) is 13.0. The van der Waals surface area contributed by atoms with Crippen LogP contribution in [0.1, 0.15) is 26.7 Å². The molecule has 1 aliphatic heterocycles. The third-order valence-electron chi connectivity index (χ3n) is 3.31. The molecule has 1 heterocycles. The van der Waals surface area contributed by atoms with Gasteiger partial charge in [0.2, 0.25) is 0 Å². The van der Waals surface area contributed by atoms with Crippen molar-refractivity contribution in [1.29, 1.82) is 0 Å². The van der Waals surface area contributed by atoms with E-state index in [1.165, 1.54) is 0 Å². The van der Waals surface area contributed by atoms with Gasteiger partial charge in [-0.2, -0.15) is 0 Å². The Morgan fingerprint density at radius 3 is 2.29 bits per heavy atom. The highest BCUT2D eigenvalue weighted by atomic mass is 16.5. The minimum absolute atomic E-state index is 0.101. The average molecular weight is 237 g/mol. The molecule has 0 amide bonds. The van der Waals surface area contributed by atoms with E-state index in [1.807, 2.05) is 19.1 Å². The molecule has 96 valence electrons. The molecule has 0 aromatic heterocycles. The van der Waals surface area contributed by atoms with Crippen LogP contribution in [-0.2, 0) is 9.53 Å². The topological polar surface area (TPSA) is 29.5 Å². The summed E-state index contributed by atoms with van der Waals surface area (Å²) < 4.78 is 5.10. The lowest BCUT2D eigenvalue weighted by atomic mass is 9.79. The number of hydrogen-bond acceptors (Lipinski definition) is 3. The fourth-order valence-electron chi connectivity index (χ4n) is 2.43. The first kappa shape index (κ1) is 14.0. The van der Waals surface area contributed by atoms with Gasteiger partial charge in [-0.05, 0) is 19.9 Å². The van der Waals surface area contributed by atoms with E-state index in [0.717, 1.165) is 19.4 Å². The molecule has 0 aromatic carbocycles. The van der Waals surface area contributed by atoms with E-state index >= 15 is 0 Å². The Labute approximate surface area is 104 Å². The number of hydrogen-bond donors (Lipinski definition) is 0. The van der Waals surface area contributed by atoms with Crippen molar-refractivity contribution in [3.8, 4) is 0 Å². The number of carbonyl (C=O) groups excluding carboxylic acids is 1. The minimum atomic E-state index is -0.130. The second-order valence-corrected chi connectivity index (χ2v) is 4.32. The van der Waals surface area contributed by atoms with Crippen molar-refractivity contribution >= 4 is 5.97 Å². The van der Waals surface area contributed by atoms with Crippen LogP contribution in [0.4, 0.5) is 0 Å². The summed E-state index contributed by atoms with van der Waals surface area (Å²) in [5, 5.41) is 0. The molecule has 2 unspecified atom stereocenters. The van der Waals surface area contributed by atoms with E-state index in [-0.39, 0.29) is 24.0 Å². The lowest BCUT2D eigenvalue weighted by molar-refractivity contribution is -0.161. The first-order chi connectivity index (χ1) is 8.21. The molecule has 0 aromatic rings. The van der Waals surface area contributed by atoms with Gasteiger partial charge >= 0.3 is 5.97 Å². The highest BCUT2D eigenvalue weighted by molar-refractivity contribution is 5.76. The molecule has 2 atom stereocenters. The Morgan fingerprint density at radius 1 is 1.29 bits per heavy atom.